The van der Waals surface area contributed by atoms with Crippen molar-refractivity contribution in [1.29, 1.82) is 0 Å². The van der Waals surface area contributed by atoms with Crippen LogP contribution in [-0.4, -0.2) is 17.9 Å². The highest BCUT2D eigenvalue weighted by Crippen LogP contribution is 2.33. The zero-order valence-electron chi connectivity index (χ0n) is 14.1. The first-order chi connectivity index (χ1) is 12.1. The zero-order valence-corrected chi connectivity index (χ0v) is 14.9. The molecule has 1 aliphatic heterocycles. The number of rotatable bonds is 2. The molecule has 25 heavy (non-hydrogen) atoms. The fraction of sp³-hybridized carbons (Fsp3) is 0.368. The zero-order chi connectivity index (χ0) is 17.4. The van der Waals surface area contributed by atoms with Crippen LogP contribution in [0.2, 0.25) is 0 Å². The largest absolute Gasteiger partial charge is 0.479 e. The van der Waals surface area contributed by atoms with E-state index >= 15 is 0 Å². The summed E-state index contributed by atoms with van der Waals surface area (Å²) in [4.78, 5) is 26.4. The number of hydrogen-bond acceptors (Lipinski definition) is 4. The molecule has 1 aromatic carbocycles. The van der Waals surface area contributed by atoms with Crippen LogP contribution < -0.4 is 15.4 Å². The molecular weight excluding hydrogens is 336 g/mol. The molecule has 2 heterocycles. The van der Waals surface area contributed by atoms with Gasteiger partial charge in [-0.2, -0.15) is 0 Å². The molecule has 2 aromatic rings. The molecule has 130 valence electrons. The number of carbonyl (C=O) groups excluding carboxylic acids is 2. The molecule has 2 N–H and O–H groups in total. The van der Waals surface area contributed by atoms with E-state index in [4.69, 9.17) is 4.74 Å². The smallest absolute Gasteiger partial charge is 0.265 e. The van der Waals surface area contributed by atoms with Gasteiger partial charge in [0.1, 0.15) is 5.75 Å². The summed E-state index contributed by atoms with van der Waals surface area (Å²) in [6.45, 7) is 1.70. The van der Waals surface area contributed by atoms with Crippen molar-refractivity contribution < 1.29 is 14.3 Å². The first kappa shape index (κ1) is 16.1. The molecule has 5 nitrogen and oxygen atoms in total. The third-order valence-electron chi connectivity index (χ3n) is 4.64. The quantitative estimate of drug-likeness (QED) is 0.800. The van der Waals surface area contributed by atoms with Gasteiger partial charge in [-0.1, -0.05) is 6.42 Å². The minimum Gasteiger partial charge on any atom is -0.479 e. The minimum atomic E-state index is -0.505. The number of benzene rings is 1. The summed E-state index contributed by atoms with van der Waals surface area (Å²) in [6.07, 6.45) is 5.32. The maximum atomic E-state index is 12.6. The number of hydrogen-bond donors (Lipinski definition) is 2. The number of nitrogens with one attached hydrogen (secondary N) is 2. The number of ether oxygens (including phenoxy) is 1. The molecule has 0 spiro atoms. The molecule has 0 unspecified atom stereocenters. The highest BCUT2D eigenvalue weighted by atomic mass is 32.1. The van der Waals surface area contributed by atoms with Gasteiger partial charge in [0, 0.05) is 10.6 Å². The molecular formula is C19H20N2O3S. The lowest BCUT2D eigenvalue weighted by Crippen LogP contribution is -2.34. The summed E-state index contributed by atoms with van der Waals surface area (Å²) < 4.78 is 5.53. The van der Waals surface area contributed by atoms with Crippen molar-refractivity contribution in [1.82, 2.24) is 0 Å². The van der Waals surface area contributed by atoms with Gasteiger partial charge in [-0.15, -0.1) is 11.3 Å². The fourth-order valence-corrected chi connectivity index (χ4v) is 4.41. The van der Waals surface area contributed by atoms with Crippen molar-refractivity contribution >= 4 is 34.5 Å². The summed E-state index contributed by atoms with van der Waals surface area (Å²) in [6, 6.07) is 7.32. The van der Waals surface area contributed by atoms with E-state index in [1.165, 1.54) is 29.7 Å². The second kappa shape index (κ2) is 6.52. The standard InChI is InChI=1S/C19H20N2O3S/c1-11-18(22)21-14-10-13(7-8-15(14)24-11)20-19(23)17-9-12-5-3-2-4-6-16(12)25-17/h7-11H,2-6H2,1H3,(H,20,23)(H,21,22)/t11-/m0/s1. The topological polar surface area (TPSA) is 67.4 Å². The van der Waals surface area contributed by atoms with Crippen LogP contribution in [0.25, 0.3) is 0 Å². The van der Waals surface area contributed by atoms with Gasteiger partial charge in [-0.05, 0) is 62.4 Å². The molecule has 2 aliphatic rings. The van der Waals surface area contributed by atoms with Gasteiger partial charge >= 0.3 is 0 Å². The van der Waals surface area contributed by atoms with E-state index in [-0.39, 0.29) is 11.8 Å². The first-order valence-electron chi connectivity index (χ1n) is 8.64. The molecule has 1 aliphatic carbocycles. The third-order valence-corrected chi connectivity index (χ3v) is 5.87. The molecule has 0 fully saturated rings. The Bertz CT molecular complexity index is 820. The monoisotopic (exact) mass is 356 g/mol. The van der Waals surface area contributed by atoms with E-state index in [2.05, 4.69) is 10.6 Å². The molecule has 4 rings (SSSR count). The van der Waals surface area contributed by atoms with Gasteiger partial charge in [0.2, 0.25) is 0 Å². The lowest BCUT2D eigenvalue weighted by molar-refractivity contribution is -0.122. The number of anilines is 2. The van der Waals surface area contributed by atoms with E-state index in [9.17, 15) is 9.59 Å². The van der Waals surface area contributed by atoms with Crippen LogP contribution in [0.3, 0.4) is 0 Å². The van der Waals surface area contributed by atoms with Crippen LogP contribution in [-0.2, 0) is 17.6 Å². The van der Waals surface area contributed by atoms with Crippen molar-refractivity contribution in [3.63, 3.8) is 0 Å². The molecule has 0 saturated carbocycles. The van der Waals surface area contributed by atoms with Crippen LogP contribution in [0.1, 0.15) is 46.3 Å². The molecule has 2 amide bonds. The molecule has 0 bridgehead atoms. The predicted molar refractivity (Wildman–Crippen MR) is 98.7 cm³/mol. The van der Waals surface area contributed by atoms with E-state index < -0.39 is 6.10 Å². The summed E-state index contributed by atoms with van der Waals surface area (Å²) >= 11 is 1.60. The Balaban J connectivity index is 1.52. The maximum absolute atomic E-state index is 12.6. The highest BCUT2D eigenvalue weighted by Gasteiger charge is 2.24. The second-order valence-corrected chi connectivity index (χ2v) is 7.67. The molecule has 1 aromatic heterocycles. The normalized spacial score (nSPS) is 19.1. The summed E-state index contributed by atoms with van der Waals surface area (Å²) in [5.74, 6) is 0.334. The lowest BCUT2D eigenvalue weighted by atomic mass is 10.1. The van der Waals surface area contributed by atoms with Crippen molar-refractivity contribution in [2.24, 2.45) is 0 Å². The number of amides is 2. The van der Waals surface area contributed by atoms with E-state index in [0.29, 0.717) is 17.1 Å². The van der Waals surface area contributed by atoms with Gasteiger partial charge in [0.05, 0.1) is 10.6 Å². The third kappa shape index (κ3) is 3.26. The van der Waals surface area contributed by atoms with E-state index in [1.54, 1.807) is 36.5 Å². The molecule has 0 radical (unpaired) electrons. The van der Waals surface area contributed by atoms with Gasteiger partial charge in [-0.25, -0.2) is 0 Å². The summed E-state index contributed by atoms with van der Waals surface area (Å²) in [5, 5.41) is 5.72. The molecule has 6 heteroatoms. The van der Waals surface area contributed by atoms with Gasteiger partial charge < -0.3 is 15.4 Å². The SMILES string of the molecule is C[C@@H]1Oc2ccc(NC(=O)c3cc4c(s3)CCCCC4)cc2NC1=O. The Morgan fingerprint density at radius 3 is 2.96 bits per heavy atom. The molecule has 1 atom stereocenters. The van der Waals surface area contributed by atoms with Gasteiger partial charge in [0.25, 0.3) is 11.8 Å². The highest BCUT2D eigenvalue weighted by molar-refractivity contribution is 7.14. The van der Waals surface area contributed by atoms with E-state index in [0.717, 1.165) is 17.7 Å². The number of thiophene rings is 1. The average Bonchev–Trinajstić information content (AvgIpc) is 2.87. The predicted octanol–water partition coefficient (Wildman–Crippen LogP) is 3.99. The Morgan fingerprint density at radius 1 is 1.24 bits per heavy atom. The maximum Gasteiger partial charge on any atom is 0.265 e. The Kier molecular flexibility index (Phi) is 4.21. The average molecular weight is 356 g/mol. The summed E-state index contributed by atoms with van der Waals surface area (Å²) in [5.41, 5.74) is 2.56. The van der Waals surface area contributed by atoms with Crippen molar-refractivity contribution in [3.05, 3.63) is 39.6 Å². The lowest BCUT2D eigenvalue weighted by Gasteiger charge is -2.23. The molecule has 0 saturated heterocycles. The fourth-order valence-electron chi connectivity index (χ4n) is 3.26. The van der Waals surface area contributed by atoms with Gasteiger partial charge in [0.15, 0.2) is 6.10 Å². The van der Waals surface area contributed by atoms with Crippen LogP contribution in [0.5, 0.6) is 5.75 Å². The van der Waals surface area contributed by atoms with Crippen LogP contribution in [0, 0.1) is 0 Å². The van der Waals surface area contributed by atoms with Crippen LogP contribution in [0.15, 0.2) is 24.3 Å². The first-order valence-corrected chi connectivity index (χ1v) is 9.46. The Morgan fingerprint density at radius 2 is 2.08 bits per heavy atom. The van der Waals surface area contributed by atoms with Crippen molar-refractivity contribution in [2.45, 2.75) is 45.1 Å². The van der Waals surface area contributed by atoms with Crippen molar-refractivity contribution in [3.8, 4) is 5.75 Å². The second-order valence-electron chi connectivity index (χ2n) is 6.53. The Labute approximate surface area is 150 Å². The minimum absolute atomic E-state index is 0.102. The number of aryl methyl sites for hydroxylation is 2. The Hall–Kier alpha value is -2.34. The van der Waals surface area contributed by atoms with Gasteiger partial charge in [-0.3, -0.25) is 9.59 Å². The summed E-state index contributed by atoms with van der Waals surface area (Å²) in [7, 11) is 0. The van der Waals surface area contributed by atoms with Crippen LogP contribution >= 0.6 is 11.3 Å². The number of fused-ring (bicyclic) bond motifs is 2. The van der Waals surface area contributed by atoms with Crippen molar-refractivity contribution in [2.75, 3.05) is 10.6 Å². The van der Waals surface area contributed by atoms with E-state index in [1.807, 2.05) is 6.07 Å². The van der Waals surface area contributed by atoms with Crippen LogP contribution in [0.4, 0.5) is 11.4 Å². The number of carbonyl (C=O) groups is 2.